The van der Waals surface area contributed by atoms with E-state index in [1.54, 1.807) is 37.4 Å². The van der Waals surface area contributed by atoms with Gasteiger partial charge >= 0.3 is 6.97 Å². The summed E-state index contributed by atoms with van der Waals surface area (Å²) in [5.41, 5.74) is 4.24. The Morgan fingerprint density at radius 3 is 1.97 bits per heavy atom. The molecule has 0 bridgehead atoms. The van der Waals surface area contributed by atoms with E-state index in [1.807, 2.05) is 80.6 Å². The maximum Gasteiger partial charge on any atom is 0.737 e. The van der Waals surface area contributed by atoms with E-state index in [1.165, 1.54) is 8.96 Å². The van der Waals surface area contributed by atoms with Gasteiger partial charge in [-0.2, -0.15) is 0 Å². The Morgan fingerprint density at radius 1 is 0.812 bits per heavy atom. The summed E-state index contributed by atoms with van der Waals surface area (Å²) in [6.45, 7) is 3.48. The topological polar surface area (TPSA) is 7.94 Å². The molecule has 2 aliphatic rings. The van der Waals surface area contributed by atoms with Crippen LogP contribution in [0, 0.1) is 13.8 Å². The lowest BCUT2D eigenvalue weighted by Gasteiger charge is -2.30. The van der Waals surface area contributed by atoms with Crippen molar-refractivity contribution in [3.8, 4) is 0 Å². The Morgan fingerprint density at radius 2 is 1.38 bits per heavy atom. The van der Waals surface area contributed by atoms with Crippen LogP contribution in [-0.2, 0) is 0 Å². The predicted molar refractivity (Wildman–Crippen MR) is 132 cm³/mol. The minimum Gasteiger partial charge on any atom is -0.393 e. The third kappa shape index (κ3) is 3.21. The molecule has 0 saturated carbocycles. The monoisotopic (exact) mass is 464 g/mol. The molecule has 0 amide bonds. The van der Waals surface area contributed by atoms with Crippen LogP contribution in [0.4, 0.5) is 8.63 Å². The first kappa shape index (κ1) is 21.3. The van der Waals surface area contributed by atoms with Gasteiger partial charge in [0.2, 0.25) is 0 Å². The highest BCUT2D eigenvalue weighted by atomic mass is 32.2. The Bertz CT molecular complexity index is 1320. The van der Waals surface area contributed by atoms with E-state index in [4.69, 9.17) is 0 Å². The molecule has 2 aromatic carbocycles. The van der Waals surface area contributed by atoms with Gasteiger partial charge in [-0.1, -0.05) is 59.9 Å². The summed E-state index contributed by atoms with van der Waals surface area (Å²) in [6.07, 6.45) is 1.95. The van der Waals surface area contributed by atoms with Gasteiger partial charge in [0.05, 0.1) is 4.91 Å². The van der Waals surface area contributed by atoms with Gasteiger partial charge in [0.25, 0.3) is 0 Å². The van der Waals surface area contributed by atoms with E-state index < -0.39 is 6.97 Å². The first-order chi connectivity index (χ1) is 15.3. The zero-order valence-electron chi connectivity index (χ0n) is 18.4. The molecule has 2 aliphatic heterocycles. The summed E-state index contributed by atoms with van der Waals surface area (Å²) >= 11 is 3.11. The number of nitrogens with zero attached hydrogens (tertiary/aromatic N) is 2. The molecular formula is C25H23BF2N2S2. The van der Waals surface area contributed by atoms with Crippen LogP contribution in [0.25, 0.3) is 6.08 Å². The molecule has 1 aromatic heterocycles. The second-order valence-corrected chi connectivity index (χ2v) is 10.3. The van der Waals surface area contributed by atoms with Gasteiger partial charge in [-0.15, -0.1) is 0 Å². The van der Waals surface area contributed by atoms with Crippen LogP contribution < -0.4 is 0 Å². The van der Waals surface area contributed by atoms with Gasteiger partial charge in [-0.25, -0.2) is 0 Å². The van der Waals surface area contributed by atoms with Crippen LogP contribution >= 0.6 is 23.5 Å². The van der Waals surface area contributed by atoms with Crippen molar-refractivity contribution in [3.63, 3.8) is 0 Å². The number of hydrogen-bond acceptors (Lipinski definition) is 2. The summed E-state index contributed by atoms with van der Waals surface area (Å²) in [4.78, 5) is 3.88. The van der Waals surface area contributed by atoms with Crippen molar-refractivity contribution in [1.82, 2.24) is 4.48 Å². The molecule has 0 aliphatic carbocycles. The molecule has 0 fully saturated rings. The smallest absolute Gasteiger partial charge is 0.393 e. The van der Waals surface area contributed by atoms with Crippen molar-refractivity contribution >= 4 is 42.3 Å². The highest BCUT2D eigenvalue weighted by molar-refractivity contribution is 8.03. The van der Waals surface area contributed by atoms with Gasteiger partial charge in [0, 0.05) is 39.0 Å². The SMILES string of the molecule is CC1=C(Sc2ccccc2)C2=Cc3c(Sc4ccccc4)c(C)c(C)n3[B-](F)(F)[N+]2=C1C. The summed E-state index contributed by atoms with van der Waals surface area (Å²) in [7, 11) is 0. The van der Waals surface area contributed by atoms with E-state index in [0.717, 1.165) is 30.7 Å². The quantitative estimate of drug-likeness (QED) is 0.372. The summed E-state index contributed by atoms with van der Waals surface area (Å²) in [5.74, 6) is 0. The fourth-order valence-electron chi connectivity index (χ4n) is 4.44. The second kappa shape index (κ2) is 7.82. The molecule has 0 atom stereocenters. The van der Waals surface area contributed by atoms with Crippen LogP contribution in [0.5, 0.6) is 0 Å². The largest absolute Gasteiger partial charge is 0.737 e. The number of hydrogen-bond donors (Lipinski definition) is 0. The second-order valence-electron chi connectivity index (χ2n) is 8.15. The third-order valence-electron chi connectivity index (χ3n) is 6.29. The van der Waals surface area contributed by atoms with Crippen molar-refractivity contribution in [2.24, 2.45) is 0 Å². The first-order valence-electron chi connectivity index (χ1n) is 10.6. The molecule has 3 aromatic rings. The molecule has 0 spiro atoms. The average molecular weight is 464 g/mol. The maximum atomic E-state index is 16.1. The van der Waals surface area contributed by atoms with Crippen molar-refractivity contribution < 1.29 is 13.1 Å². The first-order valence-corrected chi connectivity index (χ1v) is 12.2. The standard InChI is InChI=1S/C25H23BF2N2S2/c1-16-18(3)29-22(24(16)31-20-11-7-5-8-12-20)15-23-25(32-21-13-9-6-10-14-21)17(2)19(4)30(23)26(29,27)28/h5-15H,1-4H3. The van der Waals surface area contributed by atoms with E-state index in [-0.39, 0.29) is 0 Å². The lowest BCUT2D eigenvalue weighted by atomic mass is 9.90. The minimum absolute atomic E-state index is 0.596. The zero-order valence-corrected chi connectivity index (χ0v) is 20.0. The van der Waals surface area contributed by atoms with Gasteiger partial charge in [-0.05, 0) is 56.3 Å². The molecular weight excluding hydrogens is 441 g/mol. The fourth-order valence-corrected chi connectivity index (χ4v) is 6.62. The highest BCUT2D eigenvalue weighted by Gasteiger charge is 2.55. The lowest BCUT2D eigenvalue weighted by molar-refractivity contribution is -0.362. The van der Waals surface area contributed by atoms with Crippen LogP contribution in [0.2, 0.25) is 0 Å². The minimum atomic E-state index is -4.00. The number of rotatable bonds is 4. The molecule has 3 heterocycles. The molecule has 5 rings (SSSR count). The Balaban J connectivity index is 1.69. The summed E-state index contributed by atoms with van der Waals surface area (Å²) in [6, 6.07) is 19.9. The third-order valence-corrected chi connectivity index (χ3v) is 8.75. The van der Waals surface area contributed by atoms with Crippen molar-refractivity contribution in [3.05, 3.63) is 93.8 Å². The summed E-state index contributed by atoms with van der Waals surface area (Å²) in [5, 5.41) is 0. The van der Waals surface area contributed by atoms with Gasteiger partial charge in [0.1, 0.15) is 5.71 Å². The van der Waals surface area contributed by atoms with E-state index in [0.29, 0.717) is 22.8 Å². The molecule has 2 nitrogen and oxygen atoms in total. The Labute approximate surface area is 195 Å². The van der Waals surface area contributed by atoms with Gasteiger partial charge < -0.3 is 17.6 Å². The van der Waals surface area contributed by atoms with Crippen LogP contribution in [0.1, 0.15) is 30.8 Å². The van der Waals surface area contributed by atoms with E-state index in [9.17, 15) is 0 Å². The number of fused-ring (bicyclic) bond motifs is 2. The van der Waals surface area contributed by atoms with Crippen molar-refractivity contribution in [2.45, 2.75) is 42.4 Å². The van der Waals surface area contributed by atoms with Crippen molar-refractivity contribution in [2.75, 3.05) is 0 Å². The zero-order chi connectivity index (χ0) is 22.6. The normalized spacial score (nSPS) is 16.9. The maximum absolute atomic E-state index is 16.1. The molecule has 32 heavy (non-hydrogen) atoms. The van der Waals surface area contributed by atoms with Crippen LogP contribution in [0.15, 0.2) is 91.5 Å². The molecule has 0 unspecified atom stereocenters. The molecule has 0 saturated heterocycles. The van der Waals surface area contributed by atoms with Crippen molar-refractivity contribution in [1.29, 1.82) is 0 Å². The number of allylic oxidation sites excluding steroid dienone is 1. The van der Waals surface area contributed by atoms with Crippen LogP contribution in [0.3, 0.4) is 0 Å². The van der Waals surface area contributed by atoms with E-state index in [2.05, 4.69) is 0 Å². The molecule has 0 N–H and O–H groups in total. The number of halogens is 2. The Kier molecular flexibility index (Phi) is 5.21. The highest BCUT2D eigenvalue weighted by Crippen LogP contribution is 2.47. The number of thioether (sulfide) groups is 1. The number of benzene rings is 2. The van der Waals surface area contributed by atoms with Crippen LogP contribution in [-0.4, -0.2) is 21.6 Å². The molecule has 7 heteroatoms. The van der Waals surface area contributed by atoms with Gasteiger partial charge in [-0.3, -0.25) is 0 Å². The van der Waals surface area contributed by atoms with Gasteiger partial charge in [0.15, 0.2) is 5.70 Å². The number of aromatic nitrogens is 1. The molecule has 162 valence electrons. The molecule has 0 radical (unpaired) electrons. The lowest BCUT2D eigenvalue weighted by Crippen LogP contribution is -2.50. The fraction of sp³-hybridized carbons (Fsp3) is 0.160. The predicted octanol–water partition coefficient (Wildman–Crippen LogP) is 7.39. The summed E-state index contributed by atoms with van der Waals surface area (Å²) < 4.78 is 34.8. The Hall–Kier alpha value is -2.51. The van der Waals surface area contributed by atoms with E-state index >= 15 is 8.63 Å². The average Bonchev–Trinajstić information content (AvgIpc) is 3.16.